The molecule has 1 aromatic rings. The summed E-state index contributed by atoms with van der Waals surface area (Å²) in [5.41, 5.74) is 0. The monoisotopic (exact) mass is 367 g/mol. The first-order chi connectivity index (χ1) is 8.80. The van der Waals surface area contributed by atoms with Gasteiger partial charge in [-0.05, 0) is 40.4 Å². The van der Waals surface area contributed by atoms with Crippen LogP contribution >= 0.6 is 15.9 Å². The fraction of sp³-hybridized carbons (Fsp3) is 0.455. The van der Waals surface area contributed by atoms with E-state index < -0.39 is 19.9 Å². The maximum atomic E-state index is 12.1. The van der Waals surface area contributed by atoms with E-state index >= 15 is 0 Å². The van der Waals surface area contributed by atoms with Gasteiger partial charge in [0.15, 0.2) is 9.84 Å². The first-order valence-corrected chi connectivity index (χ1v) is 9.84. The lowest BCUT2D eigenvalue weighted by Crippen LogP contribution is -2.30. The van der Waals surface area contributed by atoms with E-state index in [0.717, 1.165) is 0 Å². The first kappa shape index (κ1) is 15.0. The van der Waals surface area contributed by atoms with Gasteiger partial charge in [-0.15, -0.1) is 0 Å². The van der Waals surface area contributed by atoms with Crippen molar-refractivity contribution >= 4 is 35.8 Å². The highest BCUT2D eigenvalue weighted by Gasteiger charge is 2.29. The number of sulfonamides is 1. The molecule has 0 aliphatic carbocycles. The Labute approximate surface area is 121 Å². The molecule has 0 spiro atoms. The molecule has 0 saturated carbocycles. The topological polar surface area (TPSA) is 80.3 Å². The quantitative estimate of drug-likeness (QED) is 0.865. The van der Waals surface area contributed by atoms with Crippen LogP contribution in [0.4, 0.5) is 0 Å². The summed E-state index contributed by atoms with van der Waals surface area (Å²) in [6.45, 7) is 0.156. The van der Waals surface area contributed by atoms with Crippen LogP contribution in [0.5, 0.6) is 0 Å². The third kappa shape index (κ3) is 3.77. The van der Waals surface area contributed by atoms with Crippen LogP contribution in [0.1, 0.15) is 6.42 Å². The van der Waals surface area contributed by atoms with Crippen LogP contribution in [0, 0.1) is 5.92 Å². The van der Waals surface area contributed by atoms with Gasteiger partial charge >= 0.3 is 0 Å². The molecule has 1 fully saturated rings. The second-order valence-corrected chi connectivity index (χ2v) is 9.37. The van der Waals surface area contributed by atoms with Gasteiger partial charge in [0.2, 0.25) is 10.0 Å². The number of hydrogen-bond acceptors (Lipinski definition) is 4. The fourth-order valence-electron chi connectivity index (χ4n) is 2.00. The molecule has 1 atom stereocenters. The molecule has 1 N–H and O–H groups in total. The Kier molecular flexibility index (Phi) is 4.34. The predicted octanol–water partition coefficient (Wildman–Crippen LogP) is 1.16. The summed E-state index contributed by atoms with van der Waals surface area (Å²) in [5, 5.41) is 0. The van der Waals surface area contributed by atoms with Crippen LogP contribution in [-0.2, 0) is 19.9 Å². The smallest absolute Gasteiger partial charge is 0.229 e. The zero-order valence-electron chi connectivity index (χ0n) is 10.0. The van der Waals surface area contributed by atoms with E-state index in [0.29, 0.717) is 10.9 Å². The minimum Gasteiger partial charge on any atom is -0.229 e. The molecule has 8 heteroatoms. The fourth-order valence-corrected chi connectivity index (χ4v) is 5.98. The summed E-state index contributed by atoms with van der Waals surface area (Å²) >= 11 is 3.19. The van der Waals surface area contributed by atoms with Gasteiger partial charge in [-0.1, -0.05) is 12.1 Å². The van der Waals surface area contributed by atoms with Gasteiger partial charge in [-0.25, -0.2) is 21.6 Å². The lowest BCUT2D eigenvalue weighted by molar-refractivity contribution is 0.543. The molecule has 1 saturated heterocycles. The number of rotatable bonds is 4. The highest BCUT2D eigenvalue weighted by molar-refractivity contribution is 9.10. The molecule has 1 aliphatic rings. The molecule has 0 aromatic heterocycles. The van der Waals surface area contributed by atoms with Gasteiger partial charge in [-0.2, -0.15) is 0 Å². The van der Waals surface area contributed by atoms with Crippen molar-refractivity contribution in [2.24, 2.45) is 5.92 Å². The number of halogens is 1. The van der Waals surface area contributed by atoms with E-state index in [-0.39, 0.29) is 28.9 Å². The molecule has 19 heavy (non-hydrogen) atoms. The summed E-state index contributed by atoms with van der Waals surface area (Å²) in [5.74, 6) is 0.0714. The largest absolute Gasteiger partial charge is 0.241 e. The van der Waals surface area contributed by atoms with Gasteiger partial charge in [-0.3, -0.25) is 0 Å². The van der Waals surface area contributed by atoms with E-state index in [2.05, 4.69) is 20.7 Å². The van der Waals surface area contributed by atoms with Crippen molar-refractivity contribution in [2.45, 2.75) is 11.3 Å². The lowest BCUT2D eigenvalue weighted by atomic mass is 10.1. The Morgan fingerprint density at radius 1 is 1.32 bits per heavy atom. The molecule has 1 aliphatic heterocycles. The minimum atomic E-state index is -3.61. The standard InChI is InChI=1S/C11H14BrNO4S2/c12-10-3-1-2-4-11(10)19(16,17)13-7-9-5-6-18(14,15)8-9/h1-4,9,13H,5-8H2. The van der Waals surface area contributed by atoms with Crippen molar-refractivity contribution in [2.75, 3.05) is 18.1 Å². The van der Waals surface area contributed by atoms with Gasteiger partial charge in [0, 0.05) is 11.0 Å². The molecule has 0 amide bonds. The number of hydrogen-bond donors (Lipinski definition) is 1. The second-order valence-electron chi connectivity index (χ2n) is 4.55. The summed E-state index contributed by atoms with van der Waals surface area (Å²) in [4.78, 5) is 0.163. The van der Waals surface area contributed by atoms with Crippen molar-refractivity contribution in [3.63, 3.8) is 0 Å². The van der Waals surface area contributed by atoms with E-state index in [1.54, 1.807) is 18.2 Å². The van der Waals surface area contributed by atoms with Crippen molar-refractivity contribution in [3.8, 4) is 0 Å². The summed E-state index contributed by atoms with van der Waals surface area (Å²) in [6.07, 6.45) is 0.515. The molecule has 1 aromatic carbocycles. The summed E-state index contributed by atoms with van der Waals surface area (Å²) in [6, 6.07) is 6.51. The molecule has 5 nitrogen and oxygen atoms in total. The molecule has 1 unspecified atom stereocenters. The van der Waals surface area contributed by atoms with Crippen LogP contribution in [0.2, 0.25) is 0 Å². The number of sulfone groups is 1. The maximum Gasteiger partial charge on any atom is 0.241 e. The van der Waals surface area contributed by atoms with Crippen LogP contribution < -0.4 is 4.72 Å². The van der Waals surface area contributed by atoms with E-state index in [4.69, 9.17) is 0 Å². The third-order valence-corrected chi connectivity index (χ3v) is 7.29. The molecular formula is C11H14BrNO4S2. The number of nitrogens with one attached hydrogen (secondary N) is 1. The van der Waals surface area contributed by atoms with Crippen molar-refractivity contribution < 1.29 is 16.8 Å². The minimum absolute atomic E-state index is 0.0610. The zero-order chi connectivity index (χ0) is 14.1. The molecule has 1 heterocycles. The third-order valence-electron chi connectivity index (χ3n) is 3.01. The van der Waals surface area contributed by atoms with Gasteiger partial charge in [0.1, 0.15) is 0 Å². The highest BCUT2D eigenvalue weighted by atomic mass is 79.9. The van der Waals surface area contributed by atoms with Crippen LogP contribution in [0.15, 0.2) is 33.6 Å². The molecule has 0 bridgehead atoms. The Morgan fingerprint density at radius 2 is 2.00 bits per heavy atom. The Hall–Kier alpha value is -0.440. The van der Waals surface area contributed by atoms with Gasteiger partial charge in [0.05, 0.1) is 16.4 Å². The predicted molar refractivity (Wildman–Crippen MR) is 76.1 cm³/mol. The zero-order valence-corrected chi connectivity index (χ0v) is 13.3. The molecular weight excluding hydrogens is 354 g/mol. The van der Waals surface area contributed by atoms with Crippen molar-refractivity contribution in [3.05, 3.63) is 28.7 Å². The van der Waals surface area contributed by atoms with E-state index in [1.807, 2.05) is 0 Å². The number of benzene rings is 1. The lowest BCUT2D eigenvalue weighted by Gasteiger charge is -2.11. The molecule has 0 radical (unpaired) electrons. The van der Waals surface area contributed by atoms with Gasteiger partial charge in [0.25, 0.3) is 0 Å². The highest BCUT2D eigenvalue weighted by Crippen LogP contribution is 2.22. The first-order valence-electron chi connectivity index (χ1n) is 5.75. The second kappa shape index (κ2) is 5.51. The van der Waals surface area contributed by atoms with E-state index in [1.165, 1.54) is 6.07 Å². The summed E-state index contributed by atoms with van der Waals surface area (Å²) < 4.78 is 49.7. The Bertz CT molecular complexity index is 670. The average Bonchev–Trinajstić information content (AvgIpc) is 2.67. The van der Waals surface area contributed by atoms with Crippen LogP contribution in [0.25, 0.3) is 0 Å². The maximum absolute atomic E-state index is 12.1. The Morgan fingerprint density at radius 3 is 2.58 bits per heavy atom. The average molecular weight is 368 g/mol. The van der Waals surface area contributed by atoms with E-state index in [9.17, 15) is 16.8 Å². The Balaban J connectivity index is 2.05. The normalized spacial score (nSPS) is 22.5. The van der Waals surface area contributed by atoms with Crippen LogP contribution in [0.3, 0.4) is 0 Å². The van der Waals surface area contributed by atoms with Crippen molar-refractivity contribution in [1.29, 1.82) is 0 Å². The van der Waals surface area contributed by atoms with Crippen molar-refractivity contribution in [1.82, 2.24) is 4.72 Å². The SMILES string of the molecule is O=S1(=O)CCC(CNS(=O)(=O)c2ccccc2Br)C1. The van der Waals surface area contributed by atoms with Gasteiger partial charge < -0.3 is 0 Å². The van der Waals surface area contributed by atoms with Crippen LogP contribution in [-0.4, -0.2) is 34.9 Å². The molecule has 2 rings (SSSR count). The summed E-state index contributed by atoms with van der Waals surface area (Å²) in [7, 11) is -6.59. The molecule has 106 valence electrons.